The van der Waals surface area contributed by atoms with Crippen molar-refractivity contribution < 1.29 is 19.5 Å². The van der Waals surface area contributed by atoms with Gasteiger partial charge in [-0.25, -0.2) is 9.80 Å². The first kappa shape index (κ1) is 29.7. The van der Waals surface area contributed by atoms with E-state index in [-0.39, 0.29) is 56.7 Å². The standard InChI is InChI=1S/C35H34N6O4/c1-3-18-39-23-32(43)40-30(19-25-12-15-28(42)16-13-25)34(44)38(21-27-14-11-24(2)29-10-7-17-36-33(27)29)22-31(40)41(39)35(45)37-20-26-8-5-4-6-9-26/h1,4-17,30-31,42H,18-23H2,2H3,(H,37,45)/t30-,31-/m0/s1. The summed E-state index contributed by atoms with van der Waals surface area (Å²) < 4.78 is 0. The maximum Gasteiger partial charge on any atom is 0.334 e. The van der Waals surface area contributed by atoms with Crippen LogP contribution in [0.15, 0.2) is 85.1 Å². The van der Waals surface area contributed by atoms with E-state index in [1.807, 2.05) is 61.5 Å². The van der Waals surface area contributed by atoms with Crippen molar-refractivity contribution in [1.82, 2.24) is 30.1 Å². The molecule has 2 fully saturated rings. The number of piperazine rings is 1. The largest absolute Gasteiger partial charge is 0.508 e. The number of urea groups is 1. The van der Waals surface area contributed by atoms with Gasteiger partial charge in [0, 0.05) is 31.1 Å². The highest BCUT2D eigenvalue weighted by atomic mass is 16.3. The number of carbonyl (C=O) groups excluding carboxylic acids is 3. The molecule has 228 valence electrons. The van der Waals surface area contributed by atoms with Crippen molar-refractivity contribution in [3.8, 4) is 18.1 Å². The monoisotopic (exact) mass is 602 g/mol. The van der Waals surface area contributed by atoms with Crippen LogP contribution in [0.25, 0.3) is 10.9 Å². The number of terminal acetylenes is 1. The summed E-state index contributed by atoms with van der Waals surface area (Å²) in [5.74, 6) is 2.16. The van der Waals surface area contributed by atoms with Gasteiger partial charge in [0.15, 0.2) is 0 Å². The number of hydrogen-bond acceptors (Lipinski definition) is 6. The predicted molar refractivity (Wildman–Crippen MR) is 169 cm³/mol. The lowest BCUT2D eigenvalue weighted by molar-refractivity contribution is -0.189. The van der Waals surface area contributed by atoms with Crippen molar-refractivity contribution in [2.45, 2.75) is 38.6 Å². The van der Waals surface area contributed by atoms with E-state index in [2.05, 4.69) is 16.2 Å². The molecule has 0 spiro atoms. The third-order valence-electron chi connectivity index (χ3n) is 8.40. The van der Waals surface area contributed by atoms with E-state index in [1.165, 1.54) is 9.91 Å². The Kier molecular flexibility index (Phi) is 8.36. The van der Waals surface area contributed by atoms with Crippen LogP contribution >= 0.6 is 0 Å². The number of rotatable bonds is 7. The van der Waals surface area contributed by atoms with E-state index in [9.17, 15) is 19.5 Å². The fourth-order valence-electron chi connectivity index (χ4n) is 6.20. The average Bonchev–Trinajstić information content (AvgIpc) is 3.05. The zero-order valence-electron chi connectivity index (χ0n) is 25.0. The third-order valence-corrected chi connectivity index (χ3v) is 8.40. The van der Waals surface area contributed by atoms with Gasteiger partial charge in [-0.1, -0.05) is 66.6 Å². The number of hydrogen-bond donors (Lipinski definition) is 2. The van der Waals surface area contributed by atoms with Gasteiger partial charge in [-0.15, -0.1) is 6.42 Å². The molecule has 10 nitrogen and oxygen atoms in total. The van der Waals surface area contributed by atoms with Crippen LogP contribution in [0.3, 0.4) is 0 Å². The van der Waals surface area contributed by atoms with Crippen molar-refractivity contribution in [3.05, 3.63) is 107 Å². The van der Waals surface area contributed by atoms with Crippen molar-refractivity contribution >= 4 is 28.7 Å². The number of aromatic hydroxyl groups is 1. The number of carbonyl (C=O) groups is 3. The molecule has 0 bridgehead atoms. The molecule has 45 heavy (non-hydrogen) atoms. The van der Waals surface area contributed by atoms with Crippen molar-refractivity contribution in [2.24, 2.45) is 0 Å². The number of nitrogens with one attached hydrogen (secondary N) is 1. The average molecular weight is 603 g/mol. The van der Waals surface area contributed by atoms with Crippen LogP contribution in [-0.4, -0.2) is 79.6 Å². The Morgan fingerprint density at radius 1 is 1.02 bits per heavy atom. The minimum Gasteiger partial charge on any atom is -0.508 e. The van der Waals surface area contributed by atoms with Crippen LogP contribution in [0.4, 0.5) is 4.79 Å². The second kappa shape index (κ2) is 12.7. The Hall–Kier alpha value is -5.40. The minimum absolute atomic E-state index is 0.0396. The van der Waals surface area contributed by atoms with Gasteiger partial charge in [0.05, 0.1) is 25.2 Å². The maximum absolute atomic E-state index is 14.3. The first-order chi connectivity index (χ1) is 21.8. The number of amides is 4. The zero-order chi connectivity index (χ0) is 31.5. The van der Waals surface area contributed by atoms with Crippen LogP contribution in [-0.2, 0) is 29.1 Å². The number of fused-ring (bicyclic) bond motifs is 2. The molecule has 2 saturated heterocycles. The van der Waals surface area contributed by atoms with E-state index in [1.54, 1.807) is 40.4 Å². The molecule has 2 N–H and O–H groups in total. The van der Waals surface area contributed by atoms with Crippen LogP contribution in [0.5, 0.6) is 5.75 Å². The summed E-state index contributed by atoms with van der Waals surface area (Å²) in [6.07, 6.45) is 6.82. The molecule has 3 heterocycles. The number of hydrazine groups is 1. The summed E-state index contributed by atoms with van der Waals surface area (Å²) in [6.45, 7) is 2.51. The SMILES string of the molecule is C#CCN1CC(=O)N2[C@@H](Cc3ccc(O)cc3)C(=O)N(Cc3ccc(C)c4cccnc34)C[C@@H]2N1C(=O)NCc1ccccc1. The highest BCUT2D eigenvalue weighted by Crippen LogP contribution is 2.31. The summed E-state index contributed by atoms with van der Waals surface area (Å²) in [6, 6.07) is 22.7. The molecule has 3 aromatic carbocycles. The van der Waals surface area contributed by atoms with Crippen LogP contribution in [0.2, 0.25) is 0 Å². The van der Waals surface area contributed by atoms with Gasteiger partial charge in [0.1, 0.15) is 18.0 Å². The molecule has 0 saturated carbocycles. The number of pyridine rings is 1. The molecule has 6 rings (SSSR count). The van der Waals surface area contributed by atoms with Crippen LogP contribution < -0.4 is 5.32 Å². The normalized spacial score (nSPS) is 18.5. The van der Waals surface area contributed by atoms with Crippen LogP contribution in [0.1, 0.15) is 22.3 Å². The lowest BCUT2D eigenvalue weighted by Crippen LogP contribution is -2.76. The molecule has 4 amide bonds. The van der Waals surface area contributed by atoms with E-state index in [0.717, 1.165) is 33.2 Å². The smallest absolute Gasteiger partial charge is 0.334 e. The highest BCUT2D eigenvalue weighted by molar-refractivity contribution is 5.92. The molecule has 0 radical (unpaired) electrons. The maximum atomic E-state index is 14.3. The molecule has 10 heteroatoms. The Labute approximate surface area is 261 Å². The minimum atomic E-state index is -0.886. The Balaban J connectivity index is 1.38. The zero-order valence-corrected chi connectivity index (χ0v) is 25.0. The number of phenolic OH excluding ortho intramolecular Hbond substituents is 1. The fraction of sp³-hybridized carbons (Fsp3) is 0.257. The first-order valence-electron chi connectivity index (χ1n) is 14.8. The fourth-order valence-corrected chi connectivity index (χ4v) is 6.20. The number of aromatic nitrogens is 1. The van der Waals surface area contributed by atoms with Gasteiger partial charge in [-0.05, 0) is 47.4 Å². The summed E-state index contributed by atoms with van der Waals surface area (Å²) in [5, 5.41) is 16.9. The quantitative estimate of drug-likeness (QED) is 0.314. The van der Waals surface area contributed by atoms with Crippen LogP contribution in [0, 0.1) is 19.3 Å². The molecular formula is C35H34N6O4. The number of aryl methyl sites for hydroxylation is 1. The molecule has 1 aromatic heterocycles. The topological polar surface area (TPSA) is 109 Å². The number of phenols is 1. The molecule has 4 aromatic rings. The summed E-state index contributed by atoms with van der Waals surface area (Å²) in [7, 11) is 0. The summed E-state index contributed by atoms with van der Waals surface area (Å²) in [5.41, 5.74) is 4.43. The van der Waals surface area contributed by atoms with Crippen molar-refractivity contribution in [2.75, 3.05) is 19.6 Å². The van der Waals surface area contributed by atoms with Crippen molar-refractivity contribution in [1.29, 1.82) is 0 Å². The van der Waals surface area contributed by atoms with Gasteiger partial charge in [0.25, 0.3) is 0 Å². The highest BCUT2D eigenvalue weighted by Gasteiger charge is 2.51. The van der Waals surface area contributed by atoms with Gasteiger partial charge < -0.3 is 20.2 Å². The predicted octanol–water partition coefficient (Wildman–Crippen LogP) is 3.43. The lowest BCUT2D eigenvalue weighted by Gasteiger charge is -2.55. The first-order valence-corrected chi connectivity index (χ1v) is 14.8. The Morgan fingerprint density at radius 2 is 1.80 bits per heavy atom. The summed E-state index contributed by atoms with van der Waals surface area (Å²) in [4.78, 5) is 49.8. The van der Waals surface area contributed by atoms with Gasteiger partial charge >= 0.3 is 6.03 Å². The number of benzene rings is 3. The van der Waals surface area contributed by atoms with E-state index < -0.39 is 18.2 Å². The Bertz CT molecular complexity index is 1770. The molecule has 2 aliphatic rings. The van der Waals surface area contributed by atoms with E-state index in [4.69, 9.17) is 6.42 Å². The van der Waals surface area contributed by atoms with Gasteiger partial charge in [-0.3, -0.25) is 14.6 Å². The summed E-state index contributed by atoms with van der Waals surface area (Å²) >= 11 is 0. The van der Waals surface area contributed by atoms with Gasteiger partial charge in [-0.2, -0.15) is 5.01 Å². The second-order valence-corrected chi connectivity index (χ2v) is 11.3. The molecule has 2 atom stereocenters. The van der Waals surface area contributed by atoms with Gasteiger partial charge in [0.2, 0.25) is 11.8 Å². The second-order valence-electron chi connectivity index (χ2n) is 11.3. The van der Waals surface area contributed by atoms with E-state index >= 15 is 0 Å². The molecule has 0 aliphatic carbocycles. The molecule has 0 unspecified atom stereocenters. The van der Waals surface area contributed by atoms with Crippen molar-refractivity contribution in [3.63, 3.8) is 0 Å². The molecule has 2 aliphatic heterocycles. The van der Waals surface area contributed by atoms with E-state index in [0.29, 0.717) is 0 Å². The molecular weight excluding hydrogens is 568 g/mol. The third kappa shape index (κ3) is 6.03. The Morgan fingerprint density at radius 3 is 2.56 bits per heavy atom. The number of nitrogens with zero attached hydrogens (tertiary/aromatic N) is 5. The lowest BCUT2D eigenvalue weighted by atomic mass is 9.97.